The van der Waals surface area contributed by atoms with Gasteiger partial charge in [-0.05, 0) is 36.2 Å². The van der Waals surface area contributed by atoms with Gasteiger partial charge in [-0.25, -0.2) is 8.78 Å². The molecule has 0 unspecified atom stereocenters. The van der Waals surface area contributed by atoms with E-state index in [2.05, 4.69) is 0 Å². The van der Waals surface area contributed by atoms with Gasteiger partial charge in [-0.2, -0.15) is 0 Å². The quantitative estimate of drug-likeness (QED) is 0.341. The van der Waals surface area contributed by atoms with Gasteiger partial charge in [-0.3, -0.25) is 14.4 Å². The van der Waals surface area contributed by atoms with Crippen LogP contribution in [0.5, 0.6) is 5.75 Å². The molecule has 0 amide bonds. The van der Waals surface area contributed by atoms with E-state index in [-0.39, 0.29) is 53.6 Å². The summed E-state index contributed by atoms with van der Waals surface area (Å²) in [5.74, 6) is -3.07. The first kappa shape index (κ1) is 22.5. The molecule has 0 saturated heterocycles. The van der Waals surface area contributed by atoms with Crippen LogP contribution < -0.4 is 4.74 Å². The van der Waals surface area contributed by atoms with E-state index in [1.165, 1.54) is 32.2 Å². The minimum atomic E-state index is -0.750. The van der Waals surface area contributed by atoms with Gasteiger partial charge in [0.15, 0.2) is 17.3 Å². The van der Waals surface area contributed by atoms with Crippen molar-refractivity contribution in [2.24, 2.45) is 0 Å². The highest BCUT2D eigenvalue weighted by Gasteiger charge is 2.19. The lowest BCUT2D eigenvalue weighted by atomic mass is 9.95. The second-order valence-corrected chi connectivity index (χ2v) is 6.71. The lowest BCUT2D eigenvalue weighted by Crippen LogP contribution is -2.14. The number of carbonyl (C=O) groups is 3. The largest absolute Gasteiger partial charge is 0.494 e. The maximum Gasteiger partial charge on any atom is 0.313 e. The van der Waals surface area contributed by atoms with Gasteiger partial charge in [-0.15, -0.1) is 0 Å². The highest BCUT2D eigenvalue weighted by molar-refractivity contribution is 6.30. The summed E-state index contributed by atoms with van der Waals surface area (Å²) in [7, 11) is 1.28. The van der Waals surface area contributed by atoms with Crippen LogP contribution in [-0.4, -0.2) is 31.3 Å². The van der Waals surface area contributed by atoms with Crippen LogP contribution in [0.1, 0.15) is 41.3 Å². The van der Waals surface area contributed by atoms with Crippen molar-refractivity contribution in [3.8, 4) is 5.75 Å². The number of hydrogen-bond acceptors (Lipinski definition) is 5. The zero-order valence-corrected chi connectivity index (χ0v) is 16.6. The molecule has 2 aromatic carbocycles. The molecule has 0 atom stereocenters. The van der Waals surface area contributed by atoms with E-state index in [0.717, 1.165) is 6.07 Å². The lowest BCUT2D eigenvalue weighted by molar-refractivity contribution is -0.145. The highest BCUT2D eigenvalue weighted by atomic mass is 35.5. The van der Waals surface area contributed by atoms with Crippen molar-refractivity contribution < 1.29 is 32.6 Å². The number of methoxy groups -OCH3 is 1. The summed E-state index contributed by atoms with van der Waals surface area (Å²) in [5, 5.41) is -0.0677. The number of benzene rings is 2. The normalized spacial score (nSPS) is 10.5. The third-order valence-electron chi connectivity index (χ3n) is 4.08. The number of esters is 1. The summed E-state index contributed by atoms with van der Waals surface area (Å²) in [6.45, 7) is 0.983. The van der Waals surface area contributed by atoms with E-state index in [0.29, 0.717) is 5.56 Å². The predicted octanol–water partition coefficient (Wildman–Crippen LogP) is 4.31. The molecule has 0 aliphatic carbocycles. The molecule has 0 aromatic heterocycles. The Balaban J connectivity index is 2.24. The fourth-order valence-corrected chi connectivity index (χ4v) is 2.89. The number of rotatable bonds is 9. The molecule has 0 bridgehead atoms. The van der Waals surface area contributed by atoms with Gasteiger partial charge in [-0.1, -0.05) is 23.7 Å². The molecular formula is C21H19ClF2O5. The van der Waals surface area contributed by atoms with Gasteiger partial charge in [0.25, 0.3) is 0 Å². The number of ketones is 2. The van der Waals surface area contributed by atoms with Crippen LogP contribution in [0.15, 0.2) is 30.3 Å². The number of halogens is 3. The van der Waals surface area contributed by atoms with Gasteiger partial charge >= 0.3 is 5.97 Å². The smallest absolute Gasteiger partial charge is 0.313 e. The van der Waals surface area contributed by atoms with Crippen LogP contribution in [0.25, 0.3) is 0 Å². The topological polar surface area (TPSA) is 69.7 Å². The van der Waals surface area contributed by atoms with Crippen molar-refractivity contribution >= 4 is 29.1 Å². The molecule has 2 aromatic rings. The first-order valence-corrected chi connectivity index (χ1v) is 9.08. The number of carbonyl (C=O) groups excluding carboxylic acids is 3. The van der Waals surface area contributed by atoms with Gasteiger partial charge in [0.2, 0.25) is 0 Å². The molecule has 8 heteroatoms. The van der Waals surface area contributed by atoms with Crippen molar-refractivity contribution in [1.82, 2.24) is 0 Å². The van der Waals surface area contributed by atoms with E-state index in [9.17, 15) is 23.2 Å². The average Bonchev–Trinajstić information content (AvgIpc) is 2.65. The van der Waals surface area contributed by atoms with Gasteiger partial charge in [0, 0.05) is 18.4 Å². The molecule has 5 nitrogen and oxygen atoms in total. The van der Waals surface area contributed by atoms with Crippen molar-refractivity contribution in [1.29, 1.82) is 0 Å². The molecule has 0 radical (unpaired) electrons. The number of hydrogen-bond donors (Lipinski definition) is 0. The van der Waals surface area contributed by atoms with E-state index in [1.54, 1.807) is 6.07 Å². The third kappa shape index (κ3) is 6.09. The first-order chi connectivity index (χ1) is 13.7. The minimum Gasteiger partial charge on any atom is -0.494 e. The van der Waals surface area contributed by atoms with Crippen LogP contribution >= 0.6 is 11.6 Å². The molecule has 0 N–H and O–H groups in total. The number of Topliss-reactive ketones (excluding diaryl/α,β-unsaturated/α-hetero) is 2. The van der Waals surface area contributed by atoms with Crippen molar-refractivity contribution in [3.05, 3.63) is 63.7 Å². The third-order valence-corrected chi connectivity index (χ3v) is 4.37. The van der Waals surface area contributed by atoms with Crippen LogP contribution in [0.2, 0.25) is 5.02 Å². The minimum absolute atomic E-state index is 0.0188. The Morgan fingerprint density at radius 1 is 1.10 bits per heavy atom. The average molecular weight is 425 g/mol. The molecule has 29 heavy (non-hydrogen) atoms. The Morgan fingerprint density at radius 2 is 1.83 bits per heavy atom. The Kier molecular flexibility index (Phi) is 7.84. The van der Waals surface area contributed by atoms with E-state index < -0.39 is 23.4 Å². The standard InChI is InChI=1S/C21H19ClF2O5/c1-12(25)8-20(27)29-7-6-18(26)15-11-17(23)19(28-2)10-14(15)9-13-4-3-5-16(22)21(13)24/h3-5,10-11H,6-9H2,1-2H3. The van der Waals surface area contributed by atoms with Gasteiger partial charge in [0.1, 0.15) is 18.0 Å². The van der Waals surface area contributed by atoms with Crippen LogP contribution in [0, 0.1) is 11.6 Å². The predicted molar refractivity (Wildman–Crippen MR) is 102 cm³/mol. The van der Waals surface area contributed by atoms with Crippen molar-refractivity contribution in [3.63, 3.8) is 0 Å². The maximum atomic E-state index is 14.3. The zero-order chi connectivity index (χ0) is 21.6. The molecule has 0 aliphatic heterocycles. The zero-order valence-electron chi connectivity index (χ0n) is 15.9. The van der Waals surface area contributed by atoms with Crippen molar-refractivity contribution in [2.75, 3.05) is 13.7 Å². The summed E-state index contributed by atoms with van der Waals surface area (Å²) in [6, 6.07) is 6.81. The first-order valence-electron chi connectivity index (χ1n) is 8.70. The second kappa shape index (κ2) is 10.1. The molecular weight excluding hydrogens is 406 g/mol. The van der Waals surface area contributed by atoms with E-state index in [4.69, 9.17) is 21.1 Å². The molecule has 154 valence electrons. The van der Waals surface area contributed by atoms with Crippen LogP contribution in [0.3, 0.4) is 0 Å². The summed E-state index contributed by atoms with van der Waals surface area (Å²) in [6.07, 6.45) is -0.626. The fourth-order valence-electron chi connectivity index (χ4n) is 2.69. The molecule has 0 saturated carbocycles. The Hall–Kier alpha value is -2.80. The summed E-state index contributed by atoms with van der Waals surface area (Å²) in [4.78, 5) is 34.9. The summed E-state index contributed by atoms with van der Waals surface area (Å²) < 4.78 is 38.2. The molecule has 0 heterocycles. The highest BCUT2D eigenvalue weighted by Crippen LogP contribution is 2.27. The summed E-state index contributed by atoms with van der Waals surface area (Å²) >= 11 is 5.80. The van der Waals surface area contributed by atoms with Crippen LogP contribution in [-0.2, 0) is 20.7 Å². The van der Waals surface area contributed by atoms with E-state index in [1.807, 2.05) is 0 Å². The maximum absolute atomic E-state index is 14.3. The fraction of sp³-hybridized carbons (Fsp3) is 0.286. The SMILES string of the molecule is COc1cc(Cc2cccc(Cl)c2F)c(C(=O)CCOC(=O)CC(C)=O)cc1F. The van der Waals surface area contributed by atoms with Crippen molar-refractivity contribution in [2.45, 2.75) is 26.2 Å². The molecule has 0 fully saturated rings. The second-order valence-electron chi connectivity index (χ2n) is 6.31. The number of ether oxygens (including phenoxy) is 2. The van der Waals surface area contributed by atoms with Gasteiger partial charge < -0.3 is 9.47 Å². The Labute approximate surface area is 171 Å². The Morgan fingerprint density at radius 3 is 2.48 bits per heavy atom. The van der Waals surface area contributed by atoms with Crippen LogP contribution in [0.4, 0.5) is 8.78 Å². The van der Waals surface area contributed by atoms with Gasteiger partial charge in [0.05, 0.1) is 18.7 Å². The summed E-state index contributed by atoms with van der Waals surface area (Å²) in [5.41, 5.74) is 0.586. The Bertz CT molecular complexity index is 943. The molecule has 0 spiro atoms. The molecule has 2 rings (SSSR count). The lowest BCUT2D eigenvalue weighted by Gasteiger charge is -2.13. The molecule has 0 aliphatic rings. The van der Waals surface area contributed by atoms with E-state index >= 15 is 0 Å². The monoisotopic (exact) mass is 424 g/mol.